The smallest absolute Gasteiger partial charge is 0.397 e. The first kappa shape index (κ1) is 24.8. The molecule has 2 fully saturated rings. The van der Waals surface area contributed by atoms with Gasteiger partial charge < -0.3 is 4.52 Å². The molecule has 2 saturated carbocycles. The third-order valence-corrected chi connectivity index (χ3v) is 9.99. The van der Waals surface area contributed by atoms with Crippen molar-refractivity contribution in [1.29, 1.82) is 0 Å². The van der Waals surface area contributed by atoms with Crippen molar-refractivity contribution in [1.82, 2.24) is 0 Å². The Bertz CT molecular complexity index is 1190. The van der Waals surface area contributed by atoms with E-state index in [1.165, 1.54) is 17.5 Å². The molecule has 4 nitrogen and oxygen atoms in total. The van der Waals surface area contributed by atoms with Gasteiger partial charge in [0.1, 0.15) is 11.5 Å². The summed E-state index contributed by atoms with van der Waals surface area (Å²) in [6.45, 7) is 3.12. The van der Waals surface area contributed by atoms with E-state index in [0.717, 1.165) is 49.0 Å². The van der Waals surface area contributed by atoms with E-state index >= 15 is 0 Å². The van der Waals surface area contributed by atoms with Crippen molar-refractivity contribution in [2.75, 3.05) is 0 Å². The molecule has 0 amide bonds. The standard InChI is InChI=1S/C32H35O4P/c1-32-19-18-28-27-15-13-26(20-25(27)12-14-29(28)30(32)16-17-31(32)33)36-37(34-21-23-8-4-2-5-9-23)35-22-24-10-6-3-7-11-24/h2-11,13,15,20,28-30H,12,14,16-19,21-22H2,1H3/t28-,29-,30+,32+/m1/s1. The molecule has 5 heteroatoms. The van der Waals surface area contributed by atoms with Crippen LogP contribution in [0.25, 0.3) is 0 Å². The average Bonchev–Trinajstić information content (AvgIpc) is 3.25. The number of hydrogen-bond donors (Lipinski definition) is 0. The first-order chi connectivity index (χ1) is 18.1. The average molecular weight is 515 g/mol. The monoisotopic (exact) mass is 514 g/mol. The molecule has 0 aromatic heterocycles. The number of hydrogen-bond acceptors (Lipinski definition) is 4. The lowest BCUT2D eigenvalue weighted by Crippen LogP contribution is -2.42. The molecular weight excluding hydrogens is 479 g/mol. The predicted molar refractivity (Wildman–Crippen MR) is 146 cm³/mol. The Morgan fingerprint density at radius 3 is 2.19 bits per heavy atom. The van der Waals surface area contributed by atoms with Crippen molar-refractivity contribution in [3.8, 4) is 5.75 Å². The van der Waals surface area contributed by atoms with E-state index in [1.807, 2.05) is 60.7 Å². The number of fused-ring (bicyclic) bond motifs is 5. The van der Waals surface area contributed by atoms with Crippen LogP contribution in [-0.2, 0) is 33.5 Å². The first-order valence-electron chi connectivity index (χ1n) is 13.6. The normalized spacial score (nSPS) is 26.4. The zero-order valence-electron chi connectivity index (χ0n) is 21.5. The molecule has 0 bridgehead atoms. The van der Waals surface area contributed by atoms with Crippen LogP contribution in [0.1, 0.15) is 67.2 Å². The highest BCUT2D eigenvalue weighted by atomic mass is 31.2. The summed E-state index contributed by atoms with van der Waals surface area (Å²) in [4.78, 5) is 12.6. The molecule has 0 saturated heterocycles. The van der Waals surface area contributed by atoms with Gasteiger partial charge in [0, 0.05) is 11.8 Å². The molecule has 0 spiro atoms. The minimum Gasteiger partial charge on any atom is -0.427 e. The number of rotatable bonds is 8. The third kappa shape index (κ3) is 5.12. The van der Waals surface area contributed by atoms with Gasteiger partial charge in [0.15, 0.2) is 0 Å². The van der Waals surface area contributed by atoms with Gasteiger partial charge in [0.05, 0.1) is 13.2 Å². The molecule has 3 aliphatic rings. The van der Waals surface area contributed by atoms with Crippen molar-refractivity contribution in [3.63, 3.8) is 0 Å². The molecule has 0 heterocycles. The largest absolute Gasteiger partial charge is 0.427 e. The molecule has 0 aliphatic heterocycles. The Morgan fingerprint density at radius 2 is 1.51 bits per heavy atom. The van der Waals surface area contributed by atoms with Gasteiger partial charge >= 0.3 is 8.60 Å². The maximum Gasteiger partial charge on any atom is 0.397 e. The van der Waals surface area contributed by atoms with Crippen LogP contribution < -0.4 is 4.52 Å². The van der Waals surface area contributed by atoms with Gasteiger partial charge in [0.25, 0.3) is 0 Å². The van der Waals surface area contributed by atoms with Gasteiger partial charge in [-0.1, -0.05) is 73.7 Å². The van der Waals surface area contributed by atoms with Crippen LogP contribution in [0.2, 0.25) is 0 Å². The zero-order chi connectivity index (χ0) is 25.2. The topological polar surface area (TPSA) is 44.8 Å². The van der Waals surface area contributed by atoms with Gasteiger partial charge in [-0.05, 0) is 84.2 Å². The number of Topliss-reactive ketones (excluding diaryl/α,β-unsaturated/α-hetero) is 1. The minimum atomic E-state index is -1.57. The van der Waals surface area contributed by atoms with Gasteiger partial charge in [0.2, 0.25) is 0 Å². The summed E-state index contributed by atoms with van der Waals surface area (Å²) < 4.78 is 18.6. The lowest BCUT2D eigenvalue weighted by atomic mass is 9.55. The molecule has 0 unspecified atom stereocenters. The van der Waals surface area contributed by atoms with Crippen molar-refractivity contribution < 1.29 is 18.4 Å². The summed E-state index contributed by atoms with van der Waals surface area (Å²) >= 11 is 0. The van der Waals surface area contributed by atoms with Crippen LogP contribution in [0, 0.1) is 17.3 Å². The van der Waals surface area contributed by atoms with Crippen LogP contribution in [0.4, 0.5) is 0 Å². The predicted octanol–water partition coefficient (Wildman–Crippen LogP) is 8.15. The quantitative estimate of drug-likeness (QED) is 0.285. The van der Waals surface area contributed by atoms with Crippen molar-refractivity contribution in [3.05, 3.63) is 101 Å². The highest BCUT2D eigenvalue weighted by Gasteiger charge is 2.54. The van der Waals surface area contributed by atoms with E-state index in [1.54, 1.807) is 0 Å². The van der Waals surface area contributed by atoms with E-state index in [-0.39, 0.29) is 5.41 Å². The first-order valence-corrected chi connectivity index (χ1v) is 14.7. The second-order valence-corrected chi connectivity index (χ2v) is 12.2. The van der Waals surface area contributed by atoms with Crippen LogP contribution in [-0.4, -0.2) is 5.78 Å². The summed E-state index contributed by atoms with van der Waals surface area (Å²) in [5.41, 5.74) is 4.95. The van der Waals surface area contributed by atoms with E-state index < -0.39 is 8.60 Å². The molecule has 3 aliphatic carbocycles. The zero-order valence-corrected chi connectivity index (χ0v) is 22.4. The highest BCUT2D eigenvalue weighted by molar-refractivity contribution is 7.42. The van der Waals surface area contributed by atoms with E-state index in [9.17, 15) is 4.79 Å². The lowest BCUT2D eigenvalue weighted by molar-refractivity contribution is -0.129. The summed E-state index contributed by atoms with van der Waals surface area (Å²) in [6, 6.07) is 26.8. The number of ketones is 1. The van der Waals surface area contributed by atoms with Gasteiger partial charge in [-0.2, -0.15) is 0 Å². The Kier molecular flexibility index (Phi) is 7.16. The number of aryl methyl sites for hydroxylation is 1. The van der Waals surface area contributed by atoms with Crippen molar-refractivity contribution >= 4 is 14.4 Å². The van der Waals surface area contributed by atoms with E-state index in [2.05, 4.69) is 25.1 Å². The third-order valence-electron chi connectivity index (χ3n) is 8.95. The highest BCUT2D eigenvalue weighted by Crippen LogP contribution is 2.59. The Morgan fingerprint density at radius 1 is 0.838 bits per heavy atom. The maximum absolute atomic E-state index is 12.6. The van der Waals surface area contributed by atoms with E-state index in [0.29, 0.717) is 36.8 Å². The lowest BCUT2D eigenvalue weighted by Gasteiger charge is -2.48. The number of carbonyl (C=O) groups excluding carboxylic acids is 1. The van der Waals surface area contributed by atoms with Crippen molar-refractivity contribution in [2.24, 2.45) is 17.3 Å². The van der Waals surface area contributed by atoms with Gasteiger partial charge in [-0.25, -0.2) is 0 Å². The molecule has 192 valence electrons. The Hall–Kier alpha value is -2.52. The van der Waals surface area contributed by atoms with E-state index in [4.69, 9.17) is 13.6 Å². The second-order valence-electron chi connectivity index (χ2n) is 11.0. The Labute approximate surface area is 221 Å². The van der Waals surface area contributed by atoms with Gasteiger partial charge in [-0.3, -0.25) is 13.8 Å². The molecule has 37 heavy (non-hydrogen) atoms. The van der Waals surface area contributed by atoms with Gasteiger partial charge in [-0.15, -0.1) is 0 Å². The molecule has 3 aromatic carbocycles. The molecule has 0 N–H and O–H groups in total. The summed E-state index contributed by atoms with van der Waals surface area (Å²) in [6.07, 6.45) is 6.21. The fourth-order valence-electron chi connectivity index (χ4n) is 6.97. The SMILES string of the molecule is C[C@]12CC[C@@H]3c4ccc(OP(OCc5ccccc5)OCc5ccccc5)cc4CC[C@H]3[C@@H]1CCC2=O. The number of benzene rings is 3. The fourth-order valence-corrected chi connectivity index (χ4v) is 7.94. The summed E-state index contributed by atoms with van der Waals surface area (Å²) in [5, 5.41) is 0. The van der Waals surface area contributed by atoms with Crippen LogP contribution in [0.3, 0.4) is 0 Å². The molecule has 4 atom stereocenters. The molecule has 6 rings (SSSR count). The Balaban J connectivity index is 1.17. The fraction of sp³-hybridized carbons (Fsp3) is 0.406. The van der Waals surface area contributed by atoms with Crippen LogP contribution in [0.5, 0.6) is 5.75 Å². The molecule has 3 aromatic rings. The van der Waals surface area contributed by atoms with Crippen molar-refractivity contribution in [2.45, 2.75) is 64.6 Å². The molecule has 0 radical (unpaired) electrons. The summed E-state index contributed by atoms with van der Waals surface area (Å²) in [5.74, 6) is 3.05. The second kappa shape index (κ2) is 10.7. The summed E-state index contributed by atoms with van der Waals surface area (Å²) in [7, 11) is -1.57. The maximum atomic E-state index is 12.6. The minimum absolute atomic E-state index is 0.0796. The number of carbonyl (C=O) groups is 1. The van der Waals surface area contributed by atoms with Crippen LogP contribution >= 0.6 is 8.60 Å². The van der Waals surface area contributed by atoms with Crippen LogP contribution in [0.15, 0.2) is 78.9 Å². The molecular formula is C32H35O4P.